The van der Waals surface area contributed by atoms with E-state index >= 15 is 0 Å². The van der Waals surface area contributed by atoms with Gasteiger partial charge in [0.1, 0.15) is 6.29 Å². The van der Waals surface area contributed by atoms with E-state index in [2.05, 4.69) is 13.8 Å². The van der Waals surface area contributed by atoms with Crippen molar-refractivity contribution < 1.29 is 4.79 Å². The minimum absolute atomic E-state index is 0.432. The molecular weight excluding hydrogens is 138 g/mol. The molecule has 0 spiro atoms. The molecule has 2 nitrogen and oxygen atoms in total. The lowest BCUT2D eigenvalue weighted by Gasteiger charge is -2.23. The second kappa shape index (κ2) is 3.37. The molecule has 2 heteroatoms. The fourth-order valence-corrected chi connectivity index (χ4v) is 0.997. The number of nitrogens with zero attached hydrogens (tertiary/aromatic N) is 1. The van der Waals surface area contributed by atoms with Crippen LogP contribution in [-0.2, 0) is 4.79 Å². The van der Waals surface area contributed by atoms with Crippen LogP contribution < -0.4 is 0 Å². The van der Waals surface area contributed by atoms with E-state index in [1.54, 1.807) is 0 Å². The van der Waals surface area contributed by atoms with Crippen LogP contribution in [0.5, 0.6) is 0 Å². The summed E-state index contributed by atoms with van der Waals surface area (Å²) in [6.45, 7) is 4.18. The van der Waals surface area contributed by atoms with Crippen molar-refractivity contribution in [2.75, 3.05) is 0 Å². The molecular formula is C9H13NO. The Balaban J connectivity index is 2.68. The Morgan fingerprint density at radius 2 is 2.36 bits per heavy atom. The number of rotatable bonds is 2. The topological polar surface area (TPSA) is 20.3 Å². The molecule has 1 heterocycles. The van der Waals surface area contributed by atoms with Crippen molar-refractivity contribution in [3.05, 3.63) is 24.0 Å². The SMILES string of the molecule is CC(C)N1C=CCC(C=O)=C1. The van der Waals surface area contributed by atoms with Gasteiger partial charge >= 0.3 is 0 Å². The molecule has 0 radical (unpaired) electrons. The van der Waals surface area contributed by atoms with Crippen molar-refractivity contribution in [1.29, 1.82) is 0 Å². The average Bonchev–Trinajstić information content (AvgIpc) is 2.05. The predicted octanol–water partition coefficient (Wildman–Crippen LogP) is 1.70. The molecule has 60 valence electrons. The van der Waals surface area contributed by atoms with Crippen LogP contribution in [0, 0.1) is 0 Å². The van der Waals surface area contributed by atoms with Gasteiger partial charge in [-0.05, 0) is 20.3 Å². The fourth-order valence-electron chi connectivity index (χ4n) is 0.997. The van der Waals surface area contributed by atoms with Crippen molar-refractivity contribution in [1.82, 2.24) is 4.90 Å². The molecule has 0 saturated heterocycles. The van der Waals surface area contributed by atoms with E-state index in [4.69, 9.17) is 0 Å². The second-order valence-corrected chi connectivity index (χ2v) is 2.95. The van der Waals surface area contributed by atoms with E-state index in [1.165, 1.54) is 0 Å². The molecule has 1 rings (SSSR count). The summed E-state index contributed by atoms with van der Waals surface area (Å²) in [7, 11) is 0. The summed E-state index contributed by atoms with van der Waals surface area (Å²) in [5.41, 5.74) is 0.848. The number of aldehydes is 1. The van der Waals surface area contributed by atoms with Crippen molar-refractivity contribution in [2.24, 2.45) is 0 Å². The van der Waals surface area contributed by atoms with E-state index < -0.39 is 0 Å². The van der Waals surface area contributed by atoms with Gasteiger partial charge in [-0.25, -0.2) is 0 Å². The molecule has 0 aromatic rings. The molecule has 0 N–H and O–H groups in total. The second-order valence-electron chi connectivity index (χ2n) is 2.95. The molecule has 0 unspecified atom stereocenters. The van der Waals surface area contributed by atoms with Crippen LogP contribution in [0.15, 0.2) is 24.0 Å². The Morgan fingerprint density at radius 3 is 2.91 bits per heavy atom. The Bertz CT molecular complexity index is 204. The highest BCUT2D eigenvalue weighted by atomic mass is 16.1. The Labute approximate surface area is 67.2 Å². The summed E-state index contributed by atoms with van der Waals surface area (Å²) < 4.78 is 0. The lowest BCUT2D eigenvalue weighted by molar-refractivity contribution is -0.105. The first-order chi connectivity index (χ1) is 5.24. The van der Waals surface area contributed by atoms with Crippen LogP contribution in [0.1, 0.15) is 20.3 Å². The zero-order chi connectivity index (χ0) is 8.27. The first-order valence-corrected chi connectivity index (χ1v) is 3.84. The number of hydrogen-bond donors (Lipinski definition) is 0. The average molecular weight is 151 g/mol. The highest BCUT2D eigenvalue weighted by Crippen LogP contribution is 2.12. The largest absolute Gasteiger partial charge is 0.352 e. The van der Waals surface area contributed by atoms with Gasteiger partial charge < -0.3 is 4.90 Å². The molecule has 0 aromatic heterocycles. The minimum atomic E-state index is 0.432. The number of hydrogen-bond acceptors (Lipinski definition) is 2. The maximum Gasteiger partial charge on any atom is 0.147 e. The van der Waals surface area contributed by atoms with Gasteiger partial charge in [-0.3, -0.25) is 4.79 Å². The summed E-state index contributed by atoms with van der Waals surface area (Å²) in [6.07, 6.45) is 7.60. The van der Waals surface area contributed by atoms with E-state index in [0.29, 0.717) is 6.04 Å². The van der Waals surface area contributed by atoms with Gasteiger partial charge in [0.15, 0.2) is 0 Å². The van der Waals surface area contributed by atoms with Crippen LogP contribution in [0.25, 0.3) is 0 Å². The molecule has 0 saturated carbocycles. The number of carbonyl (C=O) groups excluding carboxylic acids is 1. The van der Waals surface area contributed by atoms with Crippen LogP contribution in [0.4, 0.5) is 0 Å². The lowest BCUT2D eigenvalue weighted by Crippen LogP contribution is -2.21. The van der Waals surface area contributed by atoms with E-state index in [1.807, 2.05) is 23.4 Å². The third-order valence-electron chi connectivity index (χ3n) is 1.69. The number of allylic oxidation sites excluding steroid dienone is 2. The Kier molecular flexibility index (Phi) is 2.47. The first kappa shape index (κ1) is 8.05. The summed E-state index contributed by atoms with van der Waals surface area (Å²) in [4.78, 5) is 12.4. The van der Waals surface area contributed by atoms with Crippen molar-refractivity contribution >= 4 is 6.29 Å². The molecule has 11 heavy (non-hydrogen) atoms. The molecule has 1 aliphatic heterocycles. The van der Waals surface area contributed by atoms with Crippen molar-refractivity contribution in [2.45, 2.75) is 26.3 Å². The fraction of sp³-hybridized carbons (Fsp3) is 0.444. The normalized spacial score (nSPS) is 17.0. The maximum absolute atomic E-state index is 10.4. The van der Waals surface area contributed by atoms with Crippen LogP contribution in [-0.4, -0.2) is 17.2 Å². The first-order valence-electron chi connectivity index (χ1n) is 3.84. The van der Waals surface area contributed by atoms with Gasteiger partial charge in [-0.1, -0.05) is 6.08 Å². The molecule has 0 fully saturated rings. The third kappa shape index (κ3) is 1.93. The predicted molar refractivity (Wildman–Crippen MR) is 44.9 cm³/mol. The van der Waals surface area contributed by atoms with Gasteiger partial charge in [0.2, 0.25) is 0 Å². The zero-order valence-corrected chi connectivity index (χ0v) is 6.95. The molecule has 0 amide bonds. The van der Waals surface area contributed by atoms with Crippen LogP contribution >= 0.6 is 0 Å². The maximum atomic E-state index is 10.4. The van der Waals surface area contributed by atoms with E-state index in [9.17, 15) is 4.79 Å². The summed E-state index contributed by atoms with van der Waals surface area (Å²) in [5.74, 6) is 0. The minimum Gasteiger partial charge on any atom is -0.352 e. The van der Waals surface area contributed by atoms with Gasteiger partial charge in [-0.2, -0.15) is 0 Å². The Hall–Kier alpha value is -1.05. The zero-order valence-electron chi connectivity index (χ0n) is 6.95. The Morgan fingerprint density at radius 1 is 1.64 bits per heavy atom. The van der Waals surface area contributed by atoms with Gasteiger partial charge in [0.25, 0.3) is 0 Å². The molecule has 0 aliphatic carbocycles. The smallest absolute Gasteiger partial charge is 0.147 e. The highest BCUT2D eigenvalue weighted by Gasteiger charge is 2.06. The van der Waals surface area contributed by atoms with Gasteiger partial charge in [0.05, 0.1) is 0 Å². The molecule has 0 aromatic carbocycles. The summed E-state index contributed by atoms with van der Waals surface area (Å²) in [6, 6.07) is 0.432. The van der Waals surface area contributed by atoms with E-state index in [0.717, 1.165) is 18.3 Å². The van der Waals surface area contributed by atoms with Crippen molar-refractivity contribution in [3.63, 3.8) is 0 Å². The van der Waals surface area contributed by atoms with Gasteiger partial charge in [0, 0.05) is 24.0 Å². The van der Waals surface area contributed by atoms with Crippen LogP contribution in [0.2, 0.25) is 0 Å². The standard InChI is InChI=1S/C9H13NO/c1-8(2)10-5-3-4-9(6-10)7-11/h3,5-8H,4H2,1-2H3. The summed E-state index contributed by atoms with van der Waals surface area (Å²) in [5, 5.41) is 0. The van der Waals surface area contributed by atoms with E-state index in [-0.39, 0.29) is 0 Å². The monoisotopic (exact) mass is 151 g/mol. The molecule has 0 bridgehead atoms. The summed E-state index contributed by atoms with van der Waals surface area (Å²) >= 11 is 0. The van der Waals surface area contributed by atoms with Crippen molar-refractivity contribution in [3.8, 4) is 0 Å². The van der Waals surface area contributed by atoms with Gasteiger partial charge in [-0.15, -0.1) is 0 Å². The molecule has 0 atom stereocenters. The third-order valence-corrected chi connectivity index (χ3v) is 1.69. The molecule has 1 aliphatic rings. The lowest BCUT2D eigenvalue weighted by atomic mass is 10.1. The number of carbonyl (C=O) groups is 1. The van der Waals surface area contributed by atoms with Crippen LogP contribution in [0.3, 0.4) is 0 Å². The highest BCUT2D eigenvalue weighted by molar-refractivity contribution is 5.73. The quantitative estimate of drug-likeness (QED) is 0.560.